The summed E-state index contributed by atoms with van der Waals surface area (Å²) in [6, 6.07) is 16.9. The van der Waals surface area contributed by atoms with Crippen LogP contribution in [0.2, 0.25) is 0 Å². The molecular weight excluding hydrogens is 358 g/mol. The van der Waals surface area contributed by atoms with Crippen LogP contribution in [0.5, 0.6) is 0 Å². The van der Waals surface area contributed by atoms with Crippen LogP contribution < -0.4 is 9.62 Å². The fraction of sp³-hybridized carbons (Fsp3) is 0.190. The van der Waals surface area contributed by atoms with Crippen molar-refractivity contribution >= 4 is 15.7 Å². The lowest BCUT2D eigenvalue weighted by molar-refractivity contribution is 0.511. The SMILES string of the molecule is CCS(=O)(=O)[N+]1(c2ccc(-c3ccc(C#N)cc3)cc2)C=C(CN)C=CC1. The van der Waals surface area contributed by atoms with Crippen LogP contribution in [-0.4, -0.2) is 27.3 Å². The molecule has 0 amide bonds. The molecule has 2 N–H and O–H groups in total. The van der Waals surface area contributed by atoms with Crippen molar-refractivity contribution in [2.24, 2.45) is 5.73 Å². The van der Waals surface area contributed by atoms with E-state index in [1.165, 1.54) is 0 Å². The summed E-state index contributed by atoms with van der Waals surface area (Å²) in [5, 5.41) is 8.92. The van der Waals surface area contributed by atoms with Crippen LogP contribution in [0.25, 0.3) is 11.1 Å². The van der Waals surface area contributed by atoms with Gasteiger partial charge in [0.05, 0.1) is 17.4 Å². The van der Waals surface area contributed by atoms with Crippen molar-refractivity contribution in [3.63, 3.8) is 0 Å². The van der Waals surface area contributed by atoms with Crippen LogP contribution in [0.3, 0.4) is 0 Å². The van der Waals surface area contributed by atoms with E-state index < -0.39 is 10.0 Å². The number of nitrogens with two attached hydrogens (primary N) is 1. The molecule has 1 aliphatic rings. The maximum atomic E-state index is 13.0. The Morgan fingerprint density at radius 2 is 1.67 bits per heavy atom. The topological polar surface area (TPSA) is 84.0 Å². The third-order valence-electron chi connectivity index (χ3n) is 4.83. The molecular formula is C21H22N3O2S+. The number of hydrogen-bond acceptors (Lipinski definition) is 4. The van der Waals surface area contributed by atoms with E-state index in [-0.39, 0.29) is 9.64 Å². The number of sulfonamides is 1. The first kappa shape index (κ1) is 19.1. The number of hydrogen-bond donors (Lipinski definition) is 1. The number of rotatable bonds is 5. The zero-order valence-electron chi connectivity index (χ0n) is 15.2. The van der Waals surface area contributed by atoms with E-state index in [1.807, 2.05) is 48.6 Å². The number of nitrogens with zero attached hydrogens (tertiary/aromatic N) is 2. The third kappa shape index (κ3) is 3.45. The highest BCUT2D eigenvalue weighted by molar-refractivity contribution is 7.91. The van der Waals surface area contributed by atoms with Gasteiger partial charge in [-0.15, -0.1) is 0 Å². The number of benzene rings is 2. The Labute approximate surface area is 160 Å². The van der Waals surface area contributed by atoms with Gasteiger partial charge in [-0.05, 0) is 48.4 Å². The van der Waals surface area contributed by atoms with Crippen LogP contribution in [0.4, 0.5) is 5.69 Å². The van der Waals surface area contributed by atoms with E-state index in [2.05, 4.69) is 6.07 Å². The molecule has 0 fully saturated rings. The second-order valence-corrected chi connectivity index (χ2v) is 8.79. The van der Waals surface area contributed by atoms with Crippen molar-refractivity contribution in [2.45, 2.75) is 6.92 Å². The average molecular weight is 380 g/mol. The highest BCUT2D eigenvalue weighted by Gasteiger charge is 2.42. The van der Waals surface area contributed by atoms with Gasteiger partial charge in [0.2, 0.25) is 0 Å². The first-order valence-corrected chi connectivity index (χ1v) is 10.4. The van der Waals surface area contributed by atoms with E-state index in [9.17, 15) is 8.42 Å². The lowest BCUT2D eigenvalue weighted by Gasteiger charge is -2.34. The Kier molecular flexibility index (Phi) is 5.29. The summed E-state index contributed by atoms with van der Waals surface area (Å²) in [5.41, 5.74) is 9.79. The number of quaternary nitrogens is 1. The third-order valence-corrected chi connectivity index (χ3v) is 7.02. The quantitative estimate of drug-likeness (QED) is 0.807. The monoisotopic (exact) mass is 380 g/mol. The molecule has 0 spiro atoms. The summed E-state index contributed by atoms with van der Waals surface area (Å²) in [6.07, 6.45) is 5.49. The minimum atomic E-state index is -3.45. The maximum absolute atomic E-state index is 13.0. The minimum Gasteiger partial charge on any atom is -0.326 e. The van der Waals surface area contributed by atoms with Crippen LogP contribution >= 0.6 is 0 Å². The van der Waals surface area contributed by atoms with Gasteiger partial charge in [-0.1, -0.05) is 18.2 Å². The Bertz CT molecular complexity index is 1030. The average Bonchev–Trinajstić information content (AvgIpc) is 2.73. The lowest BCUT2D eigenvalue weighted by Crippen LogP contribution is -2.51. The van der Waals surface area contributed by atoms with Gasteiger partial charge in [0.25, 0.3) is 0 Å². The van der Waals surface area contributed by atoms with Gasteiger partial charge in [0.1, 0.15) is 12.7 Å². The van der Waals surface area contributed by atoms with Crippen LogP contribution in [-0.2, 0) is 10.0 Å². The molecule has 3 rings (SSSR count). The molecule has 6 heteroatoms. The van der Waals surface area contributed by atoms with Crippen molar-refractivity contribution in [3.8, 4) is 17.2 Å². The van der Waals surface area contributed by atoms with E-state index in [4.69, 9.17) is 11.0 Å². The van der Waals surface area contributed by atoms with Crippen LogP contribution in [0, 0.1) is 11.3 Å². The van der Waals surface area contributed by atoms with Gasteiger partial charge in [0.15, 0.2) is 5.69 Å². The van der Waals surface area contributed by atoms with Crippen molar-refractivity contribution in [1.82, 2.24) is 3.89 Å². The van der Waals surface area contributed by atoms with Crippen LogP contribution in [0.1, 0.15) is 12.5 Å². The van der Waals surface area contributed by atoms with Gasteiger partial charge < -0.3 is 5.73 Å². The Morgan fingerprint density at radius 3 is 2.19 bits per heavy atom. The molecule has 1 atom stereocenters. The first-order chi connectivity index (χ1) is 13.0. The smallest absolute Gasteiger partial charge is 0.306 e. The van der Waals surface area contributed by atoms with E-state index in [0.717, 1.165) is 16.7 Å². The summed E-state index contributed by atoms with van der Waals surface area (Å²) in [7, 11) is -3.45. The largest absolute Gasteiger partial charge is 0.326 e. The molecule has 2 aromatic rings. The zero-order valence-corrected chi connectivity index (χ0v) is 16.0. The van der Waals surface area contributed by atoms with Crippen LogP contribution in [0.15, 0.2) is 72.5 Å². The summed E-state index contributed by atoms with van der Waals surface area (Å²) in [6.45, 7) is 2.30. The molecule has 0 bridgehead atoms. The normalized spacial score (nSPS) is 19.4. The zero-order chi connectivity index (χ0) is 19.5. The second-order valence-electron chi connectivity index (χ2n) is 6.40. The number of nitriles is 1. The fourth-order valence-corrected chi connectivity index (χ4v) is 4.77. The van der Waals surface area contributed by atoms with Crippen molar-refractivity contribution in [2.75, 3.05) is 18.8 Å². The van der Waals surface area contributed by atoms with Crippen molar-refractivity contribution < 1.29 is 8.42 Å². The molecule has 138 valence electrons. The summed E-state index contributed by atoms with van der Waals surface area (Å²) in [5.74, 6) is 0.0343. The van der Waals surface area contributed by atoms with Gasteiger partial charge in [0, 0.05) is 24.3 Å². The van der Waals surface area contributed by atoms with Gasteiger partial charge >= 0.3 is 10.0 Å². The maximum Gasteiger partial charge on any atom is 0.306 e. The molecule has 2 aromatic carbocycles. The molecule has 0 radical (unpaired) electrons. The van der Waals surface area contributed by atoms with E-state index in [0.29, 0.717) is 24.3 Å². The van der Waals surface area contributed by atoms with E-state index >= 15 is 0 Å². The second kappa shape index (κ2) is 7.49. The summed E-state index contributed by atoms with van der Waals surface area (Å²) >= 11 is 0. The van der Waals surface area contributed by atoms with Crippen molar-refractivity contribution in [1.29, 1.82) is 5.26 Å². The molecule has 0 saturated carbocycles. The molecule has 1 heterocycles. The molecule has 0 aliphatic carbocycles. The van der Waals surface area contributed by atoms with Gasteiger partial charge in [-0.3, -0.25) is 0 Å². The highest BCUT2D eigenvalue weighted by Crippen LogP contribution is 2.34. The fourth-order valence-electron chi connectivity index (χ4n) is 3.25. The molecule has 5 nitrogen and oxygen atoms in total. The molecule has 1 unspecified atom stereocenters. The molecule has 1 aliphatic heterocycles. The molecule has 27 heavy (non-hydrogen) atoms. The first-order valence-electron chi connectivity index (χ1n) is 8.76. The Balaban J connectivity index is 2.06. The molecule has 0 aromatic heterocycles. The summed E-state index contributed by atoms with van der Waals surface area (Å²) < 4.78 is 25.7. The van der Waals surface area contributed by atoms with Crippen molar-refractivity contribution in [3.05, 3.63) is 78.0 Å². The standard InChI is InChI=1S/C21H22N3O2S/c1-2-27(25,26)24(13-3-4-18(15-23)16-24)21-11-9-20(10-12-21)19-7-5-17(14-22)6-8-19/h3-12,16H,2,13,15,23H2,1H3/q+1. The summed E-state index contributed by atoms with van der Waals surface area (Å²) in [4.78, 5) is 0. The Morgan fingerprint density at radius 1 is 1.07 bits per heavy atom. The minimum absolute atomic E-state index is 0.0343. The highest BCUT2D eigenvalue weighted by atomic mass is 32.2. The molecule has 0 saturated heterocycles. The van der Waals surface area contributed by atoms with Gasteiger partial charge in [-0.2, -0.15) is 17.6 Å². The lowest BCUT2D eigenvalue weighted by atomic mass is 10.0. The Hall–Kier alpha value is -2.72. The predicted molar refractivity (Wildman–Crippen MR) is 109 cm³/mol. The van der Waals surface area contributed by atoms with Gasteiger partial charge in [-0.25, -0.2) is 0 Å². The predicted octanol–water partition coefficient (Wildman–Crippen LogP) is 3.29. The van der Waals surface area contributed by atoms with E-state index in [1.54, 1.807) is 25.3 Å².